The number of ether oxygens (including phenoxy) is 2. The minimum atomic E-state index is -4.54. The Morgan fingerprint density at radius 3 is 2.75 bits per heavy atom. The first-order valence-electron chi connectivity index (χ1n) is 5.04. The Balaban J connectivity index is 2.28. The molecule has 1 fully saturated rings. The molecule has 0 aliphatic carbocycles. The Morgan fingerprint density at radius 2 is 2.19 bits per heavy atom. The maximum Gasteiger partial charge on any atom is 0.522 e. The Bertz CT molecular complexity index is 215. The molecule has 2 atom stereocenters. The molecule has 0 aromatic rings. The third-order valence-electron chi connectivity index (χ3n) is 2.45. The van der Waals surface area contributed by atoms with Crippen LogP contribution in [0.15, 0.2) is 0 Å². The van der Waals surface area contributed by atoms with E-state index in [0.29, 0.717) is 18.5 Å². The number of morpholine rings is 1. The topological polar surface area (TPSA) is 21.7 Å². The van der Waals surface area contributed by atoms with Crippen molar-refractivity contribution in [2.45, 2.75) is 25.4 Å². The van der Waals surface area contributed by atoms with Gasteiger partial charge in [-0.25, -0.2) is 0 Å². The van der Waals surface area contributed by atoms with Crippen LogP contribution in [0.4, 0.5) is 13.2 Å². The average molecular weight is 306 g/mol. The number of halogens is 4. The second-order valence-corrected chi connectivity index (χ2v) is 4.40. The van der Waals surface area contributed by atoms with Crippen molar-refractivity contribution < 1.29 is 22.6 Å². The molecule has 0 aromatic carbocycles. The fourth-order valence-electron chi connectivity index (χ4n) is 1.56. The molecule has 1 saturated heterocycles. The highest BCUT2D eigenvalue weighted by Crippen LogP contribution is 2.17. The van der Waals surface area contributed by atoms with Gasteiger partial charge in [-0.15, -0.1) is 13.2 Å². The molecule has 1 heterocycles. The van der Waals surface area contributed by atoms with Crippen LogP contribution in [0, 0.1) is 0 Å². The summed E-state index contributed by atoms with van der Waals surface area (Å²) in [4.78, 5) is 1.95. The van der Waals surface area contributed by atoms with Crippen LogP contribution in [-0.2, 0) is 9.47 Å². The summed E-state index contributed by atoms with van der Waals surface area (Å²) in [7, 11) is 0. The Kier molecular flexibility index (Phi) is 5.49. The van der Waals surface area contributed by atoms with E-state index in [1.807, 2.05) is 11.8 Å². The van der Waals surface area contributed by atoms with Crippen LogP contribution in [0.25, 0.3) is 0 Å². The summed E-state index contributed by atoms with van der Waals surface area (Å²) < 4.78 is 44.6. The average Bonchev–Trinajstić information content (AvgIpc) is 2.19. The number of rotatable bonds is 4. The van der Waals surface area contributed by atoms with Gasteiger partial charge in [0.2, 0.25) is 0 Å². The zero-order chi connectivity index (χ0) is 12.2. The summed E-state index contributed by atoms with van der Waals surface area (Å²) in [6.45, 7) is 3.05. The fraction of sp³-hybridized carbons (Fsp3) is 1.00. The van der Waals surface area contributed by atoms with Crippen LogP contribution in [0.1, 0.15) is 6.92 Å². The third kappa shape index (κ3) is 4.99. The monoisotopic (exact) mass is 305 g/mol. The maximum absolute atomic E-state index is 11.8. The van der Waals surface area contributed by atoms with Crippen LogP contribution < -0.4 is 0 Å². The van der Waals surface area contributed by atoms with E-state index in [1.54, 1.807) is 0 Å². The highest BCUT2D eigenvalue weighted by Gasteiger charge is 2.30. The van der Waals surface area contributed by atoms with Gasteiger partial charge in [0.1, 0.15) is 0 Å². The summed E-state index contributed by atoms with van der Waals surface area (Å²) in [5.41, 5.74) is 0. The summed E-state index contributed by atoms with van der Waals surface area (Å²) in [6.07, 6.45) is -4.49. The lowest BCUT2D eigenvalue weighted by molar-refractivity contribution is -0.325. The van der Waals surface area contributed by atoms with Crippen LogP contribution >= 0.6 is 15.9 Å². The Labute approximate surface area is 101 Å². The smallest absolute Gasteiger partial charge is 0.374 e. The lowest BCUT2D eigenvalue weighted by atomic mass is 10.2. The fourth-order valence-corrected chi connectivity index (χ4v) is 1.95. The van der Waals surface area contributed by atoms with Gasteiger partial charge in [0, 0.05) is 24.5 Å². The molecule has 0 N–H and O–H groups in total. The summed E-state index contributed by atoms with van der Waals surface area (Å²) in [5, 5.41) is 0.691. The lowest BCUT2D eigenvalue weighted by Crippen LogP contribution is -2.50. The molecule has 0 saturated carbocycles. The van der Waals surface area contributed by atoms with E-state index in [9.17, 15) is 13.2 Å². The van der Waals surface area contributed by atoms with Gasteiger partial charge in [-0.3, -0.25) is 9.64 Å². The standard InChI is InChI=1S/C9H15BrF3NO2/c1-7-6-15-8(4-10)5-14(7)2-3-16-9(11,12)13/h7-8H,2-6H2,1H3. The summed E-state index contributed by atoms with van der Waals surface area (Å²) >= 11 is 3.30. The van der Waals surface area contributed by atoms with Gasteiger partial charge < -0.3 is 4.74 Å². The van der Waals surface area contributed by atoms with Crippen molar-refractivity contribution in [2.75, 3.05) is 31.6 Å². The van der Waals surface area contributed by atoms with Gasteiger partial charge in [0.15, 0.2) is 0 Å². The minimum absolute atomic E-state index is 0.0436. The van der Waals surface area contributed by atoms with Gasteiger partial charge in [-0.2, -0.15) is 0 Å². The first-order valence-corrected chi connectivity index (χ1v) is 6.17. The van der Waals surface area contributed by atoms with Gasteiger partial charge in [0.05, 0.1) is 19.3 Å². The van der Waals surface area contributed by atoms with Gasteiger partial charge in [-0.05, 0) is 6.92 Å². The van der Waals surface area contributed by atoms with Crippen molar-refractivity contribution >= 4 is 15.9 Å². The van der Waals surface area contributed by atoms with Crippen molar-refractivity contribution in [1.29, 1.82) is 0 Å². The van der Waals surface area contributed by atoms with E-state index >= 15 is 0 Å². The second-order valence-electron chi connectivity index (χ2n) is 3.75. The van der Waals surface area contributed by atoms with Gasteiger partial charge in [-0.1, -0.05) is 15.9 Å². The highest BCUT2D eigenvalue weighted by atomic mass is 79.9. The largest absolute Gasteiger partial charge is 0.522 e. The maximum atomic E-state index is 11.8. The van der Waals surface area contributed by atoms with E-state index in [0.717, 1.165) is 0 Å². The van der Waals surface area contributed by atoms with E-state index in [4.69, 9.17) is 4.74 Å². The van der Waals surface area contributed by atoms with E-state index in [2.05, 4.69) is 20.7 Å². The van der Waals surface area contributed by atoms with E-state index < -0.39 is 6.36 Å². The Morgan fingerprint density at radius 1 is 1.50 bits per heavy atom. The normalized spacial score (nSPS) is 28.3. The molecule has 0 aromatic heterocycles. The molecule has 16 heavy (non-hydrogen) atoms. The molecule has 0 radical (unpaired) electrons. The minimum Gasteiger partial charge on any atom is -0.374 e. The zero-order valence-electron chi connectivity index (χ0n) is 8.97. The van der Waals surface area contributed by atoms with Gasteiger partial charge >= 0.3 is 6.36 Å². The summed E-state index contributed by atoms with van der Waals surface area (Å²) in [6, 6.07) is 0.132. The van der Waals surface area contributed by atoms with E-state index in [-0.39, 0.29) is 25.3 Å². The molecule has 0 bridgehead atoms. The predicted molar refractivity (Wildman–Crippen MR) is 56.6 cm³/mol. The van der Waals surface area contributed by atoms with E-state index in [1.165, 1.54) is 0 Å². The lowest BCUT2D eigenvalue weighted by Gasteiger charge is -2.37. The van der Waals surface area contributed by atoms with Crippen molar-refractivity contribution in [3.63, 3.8) is 0 Å². The Hall–Kier alpha value is 0.150. The van der Waals surface area contributed by atoms with Crippen molar-refractivity contribution in [1.82, 2.24) is 4.90 Å². The first-order chi connectivity index (χ1) is 7.42. The number of hydrogen-bond acceptors (Lipinski definition) is 3. The molecule has 96 valence electrons. The predicted octanol–water partition coefficient (Wildman–Crippen LogP) is 2.01. The molecular formula is C9H15BrF3NO2. The third-order valence-corrected chi connectivity index (χ3v) is 3.17. The number of hydrogen-bond donors (Lipinski definition) is 0. The summed E-state index contributed by atoms with van der Waals surface area (Å²) in [5.74, 6) is 0. The van der Waals surface area contributed by atoms with Crippen molar-refractivity contribution in [3.8, 4) is 0 Å². The van der Waals surface area contributed by atoms with Crippen LogP contribution in [0.2, 0.25) is 0 Å². The first kappa shape index (κ1) is 14.2. The number of nitrogens with zero attached hydrogens (tertiary/aromatic N) is 1. The van der Waals surface area contributed by atoms with Crippen molar-refractivity contribution in [2.24, 2.45) is 0 Å². The highest BCUT2D eigenvalue weighted by molar-refractivity contribution is 9.09. The molecule has 1 rings (SSSR count). The molecular weight excluding hydrogens is 291 g/mol. The SMILES string of the molecule is CC1COC(CBr)CN1CCOC(F)(F)F. The number of alkyl halides is 4. The molecule has 0 spiro atoms. The molecule has 3 nitrogen and oxygen atoms in total. The van der Waals surface area contributed by atoms with Crippen LogP contribution in [0.3, 0.4) is 0 Å². The molecule has 7 heteroatoms. The van der Waals surface area contributed by atoms with Gasteiger partial charge in [0.25, 0.3) is 0 Å². The molecule has 2 unspecified atom stereocenters. The van der Waals surface area contributed by atoms with Crippen molar-refractivity contribution in [3.05, 3.63) is 0 Å². The molecule has 1 aliphatic heterocycles. The van der Waals surface area contributed by atoms with Crippen LogP contribution in [-0.4, -0.2) is 55.0 Å². The van der Waals surface area contributed by atoms with Crippen LogP contribution in [0.5, 0.6) is 0 Å². The molecule has 0 amide bonds. The molecule has 1 aliphatic rings. The second kappa shape index (κ2) is 6.18. The zero-order valence-corrected chi connectivity index (χ0v) is 10.6. The quantitative estimate of drug-likeness (QED) is 0.742.